The van der Waals surface area contributed by atoms with Gasteiger partial charge in [-0.05, 0) is 24.1 Å². The van der Waals surface area contributed by atoms with Crippen LogP contribution in [0.2, 0.25) is 5.15 Å². The van der Waals surface area contributed by atoms with Crippen molar-refractivity contribution < 1.29 is 4.79 Å². The van der Waals surface area contributed by atoms with Crippen LogP contribution in [0.4, 0.5) is 0 Å². The van der Waals surface area contributed by atoms with Gasteiger partial charge in [0.1, 0.15) is 5.15 Å². The summed E-state index contributed by atoms with van der Waals surface area (Å²) in [6.07, 6.45) is 6.55. The summed E-state index contributed by atoms with van der Waals surface area (Å²) >= 11 is 6.06. The molecule has 1 aliphatic carbocycles. The first-order chi connectivity index (χ1) is 9.75. The van der Waals surface area contributed by atoms with Crippen molar-refractivity contribution in [1.29, 1.82) is 0 Å². The van der Waals surface area contributed by atoms with Gasteiger partial charge in [0.2, 0.25) is 0 Å². The predicted molar refractivity (Wildman–Crippen MR) is 81.0 cm³/mol. The second-order valence-electron chi connectivity index (χ2n) is 5.35. The molecule has 1 amide bonds. The lowest BCUT2D eigenvalue weighted by Crippen LogP contribution is -2.24. The normalized spacial score (nSPS) is 14.4. The van der Waals surface area contributed by atoms with Crippen molar-refractivity contribution in [2.24, 2.45) is 5.92 Å². The Morgan fingerprint density at radius 3 is 2.80 bits per heavy atom. The summed E-state index contributed by atoms with van der Waals surface area (Å²) in [5.74, 6) is 0.839. The Bertz CT molecular complexity index is 637. The van der Waals surface area contributed by atoms with Crippen LogP contribution in [0.25, 0.3) is 10.8 Å². The molecule has 1 aliphatic rings. The quantitative estimate of drug-likeness (QED) is 0.671. The van der Waals surface area contributed by atoms with Crippen molar-refractivity contribution in [2.75, 3.05) is 6.54 Å². The predicted octanol–water partition coefficient (Wildman–Crippen LogP) is 3.81. The molecule has 20 heavy (non-hydrogen) atoms. The number of pyridine rings is 1. The van der Waals surface area contributed by atoms with Gasteiger partial charge in [-0.1, -0.05) is 48.7 Å². The third kappa shape index (κ3) is 2.93. The van der Waals surface area contributed by atoms with Crippen LogP contribution in [0.5, 0.6) is 0 Å². The Kier molecular flexibility index (Phi) is 3.88. The molecule has 2 aromatic rings. The van der Waals surface area contributed by atoms with E-state index in [1.54, 1.807) is 6.20 Å². The first-order valence-corrected chi connectivity index (χ1v) is 7.45. The van der Waals surface area contributed by atoms with Crippen molar-refractivity contribution >= 4 is 28.3 Å². The van der Waals surface area contributed by atoms with E-state index in [9.17, 15) is 4.79 Å². The van der Waals surface area contributed by atoms with Gasteiger partial charge in [0.05, 0.1) is 5.56 Å². The summed E-state index contributed by atoms with van der Waals surface area (Å²) in [6, 6.07) is 7.59. The van der Waals surface area contributed by atoms with Crippen molar-refractivity contribution in [1.82, 2.24) is 10.3 Å². The van der Waals surface area contributed by atoms with Crippen LogP contribution in [0.3, 0.4) is 0 Å². The summed E-state index contributed by atoms with van der Waals surface area (Å²) < 4.78 is 0. The Labute approximate surface area is 123 Å². The average molecular weight is 289 g/mol. The minimum Gasteiger partial charge on any atom is -0.352 e. The van der Waals surface area contributed by atoms with Crippen molar-refractivity contribution in [3.8, 4) is 0 Å². The number of hydrogen-bond acceptors (Lipinski definition) is 2. The summed E-state index contributed by atoms with van der Waals surface area (Å²) in [7, 11) is 0. The number of rotatable bonds is 5. The van der Waals surface area contributed by atoms with E-state index < -0.39 is 0 Å². The monoisotopic (exact) mass is 288 g/mol. The molecule has 1 fully saturated rings. The molecule has 4 heteroatoms. The summed E-state index contributed by atoms with van der Waals surface area (Å²) in [4.78, 5) is 16.3. The lowest BCUT2D eigenvalue weighted by molar-refractivity contribution is 0.0954. The molecule has 1 aromatic carbocycles. The van der Waals surface area contributed by atoms with E-state index in [4.69, 9.17) is 11.6 Å². The molecule has 1 N–H and O–H groups in total. The molecular weight excluding hydrogens is 272 g/mol. The molecule has 0 unspecified atom stereocenters. The second kappa shape index (κ2) is 5.80. The van der Waals surface area contributed by atoms with Crippen LogP contribution < -0.4 is 5.32 Å². The zero-order chi connectivity index (χ0) is 13.9. The number of fused-ring (bicyclic) bond motifs is 1. The van der Waals surface area contributed by atoms with E-state index in [2.05, 4.69) is 10.3 Å². The maximum absolute atomic E-state index is 12.2. The van der Waals surface area contributed by atoms with E-state index in [1.807, 2.05) is 24.3 Å². The Hall–Kier alpha value is -1.61. The molecule has 104 valence electrons. The molecule has 0 bridgehead atoms. The van der Waals surface area contributed by atoms with Crippen LogP contribution in [-0.2, 0) is 0 Å². The highest BCUT2D eigenvalue weighted by Gasteiger charge is 2.20. The van der Waals surface area contributed by atoms with E-state index >= 15 is 0 Å². The highest BCUT2D eigenvalue weighted by atomic mass is 35.5. The molecule has 1 heterocycles. The molecule has 0 spiro atoms. The van der Waals surface area contributed by atoms with Crippen LogP contribution in [0.1, 0.15) is 36.0 Å². The fourth-order valence-electron chi connectivity index (χ4n) is 2.43. The minimum atomic E-state index is -0.0684. The van der Waals surface area contributed by atoms with Crippen molar-refractivity contribution in [3.63, 3.8) is 0 Å². The summed E-state index contributed by atoms with van der Waals surface area (Å²) in [5.41, 5.74) is 0.594. The van der Waals surface area contributed by atoms with E-state index in [-0.39, 0.29) is 5.91 Å². The van der Waals surface area contributed by atoms with Gasteiger partial charge in [0.15, 0.2) is 0 Å². The number of nitrogens with zero attached hydrogens (tertiary/aromatic N) is 1. The fraction of sp³-hybridized carbons (Fsp3) is 0.375. The lowest BCUT2D eigenvalue weighted by Gasteiger charge is -2.08. The van der Waals surface area contributed by atoms with Gasteiger partial charge in [0.25, 0.3) is 5.91 Å². The molecule has 3 nitrogen and oxygen atoms in total. The lowest BCUT2D eigenvalue weighted by atomic mass is 10.1. The smallest absolute Gasteiger partial charge is 0.253 e. The number of carbonyl (C=O) groups excluding carboxylic acids is 1. The molecular formula is C16H17ClN2O. The van der Waals surface area contributed by atoms with Crippen LogP contribution in [0.15, 0.2) is 30.5 Å². The van der Waals surface area contributed by atoms with Crippen molar-refractivity contribution in [3.05, 3.63) is 41.2 Å². The first-order valence-electron chi connectivity index (χ1n) is 7.07. The van der Waals surface area contributed by atoms with Gasteiger partial charge < -0.3 is 5.32 Å². The molecule has 0 radical (unpaired) electrons. The number of hydrogen-bond donors (Lipinski definition) is 1. The summed E-state index contributed by atoms with van der Waals surface area (Å²) in [5, 5.41) is 5.08. The maximum Gasteiger partial charge on any atom is 0.253 e. The highest BCUT2D eigenvalue weighted by Crippen LogP contribution is 2.33. The molecule has 0 aliphatic heterocycles. The third-order valence-corrected chi connectivity index (χ3v) is 4.06. The SMILES string of the molecule is O=C(NCCCC1CC1)c1cnc(Cl)c2ccccc12. The highest BCUT2D eigenvalue weighted by molar-refractivity contribution is 6.34. The van der Waals surface area contributed by atoms with Gasteiger partial charge in [-0.3, -0.25) is 4.79 Å². The largest absolute Gasteiger partial charge is 0.352 e. The topological polar surface area (TPSA) is 42.0 Å². The summed E-state index contributed by atoms with van der Waals surface area (Å²) in [6.45, 7) is 0.728. The van der Waals surface area contributed by atoms with Gasteiger partial charge in [-0.15, -0.1) is 0 Å². The second-order valence-corrected chi connectivity index (χ2v) is 5.71. The number of amides is 1. The molecule has 0 saturated heterocycles. The van der Waals surface area contributed by atoms with Crippen LogP contribution in [0, 0.1) is 5.92 Å². The van der Waals surface area contributed by atoms with Crippen LogP contribution >= 0.6 is 11.6 Å². The van der Waals surface area contributed by atoms with E-state index in [0.29, 0.717) is 10.7 Å². The van der Waals surface area contributed by atoms with Gasteiger partial charge in [-0.25, -0.2) is 4.98 Å². The minimum absolute atomic E-state index is 0.0684. The number of aromatic nitrogens is 1. The standard InChI is InChI=1S/C16H17ClN2O/c17-15-13-6-2-1-5-12(13)14(10-19-15)16(20)18-9-3-4-11-7-8-11/h1-2,5-6,10-11H,3-4,7-9H2,(H,18,20). The van der Waals surface area contributed by atoms with Gasteiger partial charge in [-0.2, -0.15) is 0 Å². The third-order valence-electron chi connectivity index (χ3n) is 3.76. The average Bonchev–Trinajstić information content (AvgIpc) is 3.28. The van der Waals surface area contributed by atoms with Crippen molar-refractivity contribution in [2.45, 2.75) is 25.7 Å². The zero-order valence-corrected chi connectivity index (χ0v) is 12.0. The van der Waals surface area contributed by atoms with Gasteiger partial charge >= 0.3 is 0 Å². The number of halogens is 1. The number of benzene rings is 1. The van der Waals surface area contributed by atoms with Gasteiger partial charge in [0, 0.05) is 18.1 Å². The fourth-order valence-corrected chi connectivity index (χ4v) is 2.65. The Balaban J connectivity index is 1.71. The molecule has 1 aromatic heterocycles. The Morgan fingerprint density at radius 1 is 1.30 bits per heavy atom. The molecule has 0 atom stereocenters. The first kappa shape index (κ1) is 13.4. The molecule has 1 saturated carbocycles. The Morgan fingerprint density at radius 2 is 2.05 bits per heavy atom. The zero-order valence-electron chi connectivity index (χ0n) is 11.2. The number of carbonyl (C=O) groups is 1. The molecule has 3 rings (SSSR count). The number of nitrogens with one attached hydrogen (secondary N) is 1. The van der Waals surface area contributed by atoms with Crippen LogP contribution in [-0.4, -0.2) is 17.4 Å². The maximum atomic E-state index is 12.2. The van der Waals surface area contributed by atoms with E-state index in [1.165, 1.54) is 19.3 Å². The van der Waals surface area contributed by atoms with E-state index in [0.717, 1.165) is 29.7 Å².